The van der Waals surface area contributed by atoms with E-state index >= 15 is 0 Å². The van der Waals surface area contributed by atoms with Gasteiger partial charge in [-0.05, 0) is 36.6 Å². The van der Waals surface area contributed by atoms with Crippen molar-refractivity contribution in [3.63, 3.8) is 0 Å². The molecule has 25 heavy (non-hydrogen) atoms. The molecule has 5 nitrogen and oxygen atoms in total. The van der Waals surface area contributed by atoms with E-state index in [1.165, 1.54) is 12.8 Å². The molecule has 3 heterocycles. The van der Waals surface area contributed by atoms with Crippen molar-refractivity contribution in [2.75, 3.05) is 0 Å². The zero-order chi connectivity index (χ0) is 16.8. The molecule has 1 fully saturated rings. The lowest BCUT2D eigenvalue weighted by Gasteiger charge is -2.02. The Morgan fingerprint density at radius 2 is 1.68 bits per heavy atom. The fourth-order valence-electron chi connectivity index (χ4n) is 3.13. The summed E-state index contributed by atoms with van der Waals surface area (Å²) in [4.78, 5) is 0. The van der Waals surface area contributed by atoms with E-state index in [1.807, 2.05) is 47.4 Å². The molecule has 0 spiro atoms. The second-order valence-electron chi connectivity index (χ2n) is 6.44. The highest BCUT2D eigenvalue weighted by Gasteiger charge is 2.24. The van der Waals surface area contributed by atoms with Crippen LogP contribution in [0.15, 0.2) is 61.2 Å². The van der Waals surface area contributed by atoms with E-state index in [9.17, 15) is 0 Å². The highest BCUT2D eigenvalue weighted by Crippen LogP contribution is 2.35. The first-order valence-corrected chi connectivity index (χ1v) is 8.34. The lowest BCUT2D eigenvalue weighted by Crippen LogP contribution is -1.92. The fourth-order valence-corrected chi connectivity index (χ4v) is 3.13. The molecule has 5 heteroatoms. The van der Waals surface area contributed by atoms with Crippen LogP contribution >= 0.6 is 0 Å². The highest BCUT2D eigenvalue weighted by molar-refractivity contribution is 5.81. The monoisotopic (exact) mass is 325 g/mol. The number of fused-ring (bicyclic) bond motifs is 1. The maximum Gasteiger partial charge on any atom is 0.0991 e. The Morgan fingerprint density at radius 3 is 2.44 bits per heavy atom. The van der Waals surface area contributed by atoms with Crippen LogP contribution in [0.25, 0.3) is 27.8 Å². The minimum absolute atomic E-state index is 0.588. The van der Waals surface area contributed by atoms with Crippen molar-refractivity contribution < 1.29 is 0 Å². The molecule has 0 aliphatic heterocycles. The average molecular weight is 325 g/mol. The molecule has 0 amide bonds. The second kappa shape index (κ2) is 5.32. The van der Waals surface area contributed by atoms with Crippen LogP contribution in [0.1, 0.15) is 24.4 Å². The van der Waals surface area contributed by atoms with Crippen LogP contribution in [0, 0.1) is 11.3 Å². The molecular formula is C20H15N5. The van der Waals surface area contributed by atoms with Gasteiger partial charge in [0.1, 0.15) is 0 Å². The highest BCUT2D eigenvalue weighted by atomic mass is 15.3. The quantitative estimate of drug-likeness (QED) is 0.570. The standard InChI is InChI=1S/C20H15N5/c21-9-14-1-3-15(4-2-14)19-11-23-25-12-16(5-8-20(19)25)17-10-22-24(13-17)18-6-7-18/h1-5,8,10-13,18H,6-7H2. The van der Waals surface area contributed by atoms with Crippen LogP contribution in [-0.2, 0) is 0 Å². The van der Waals surface area contributed by atoms with Crippen molar-refractivity contribution in [2.45, 2.75) is 18.9 Å². The average Bonchev–Trinajstić information content (AvgIpc) is 3.24. The van der Waals surface area contributed by atoms with Crippen molar-refractivity contribution in [3.05, 3.63) is 66.7 Å². The number of nitriles is 1. The molecule has 120 valence electrons. The number of nitrogens with zero attached hydrogens (tertiary/aromatic N) is 5. The molecule has 0 bridgehead atoms. The summed E-state index contributed by atoms with van der Waals surface area (Å²) in [6.07, 6.45) is 10.4. The lowest BCUT2D eigenvalue weighted by atomic mass is 10.1. The Hall–Kier alpha value is -3.39. The van der Waals surface area contributed by atoms with E-state index in [-0.39, 0.29) is 0 Å². The zero-order valence-electron chi connectivity index (χ0n) is 13.5. The van der Waals surface area contributed by atoms with Gasteiger partial charge in [-0.15, -0.1) is 0 Å². The molecule has 1 aliphatic carbocycles. The lowest BCUT2D eigenvalue weighted by molar-refractivity contribution is 0.642. The maximum atomic E-state index is 8.94. The van der Waals surface area contributed by atoms with Crippen molar-refractivity contribution in [3.8, 4) is 28.3 Å². The summed E-state index contributed by atoms with van der Waals surface area (Å²) in [5, 5.41) is 17.9. The van der Waals surface area contributed by atoms with Crippen molar-refractivity contribution >= 4 is 5.52 Å². The molecule has 1 aromatic carbocycles. The molecule has 3 aromatic heterocycles. The van der Waals surface area contributed by atoms with Gasteiger partial charge < -0.3 is 0 Å². The Balaban J connectivity index is 1.53. The summed E-state index contributed by atoms with van der Waals surface area (Å²) in [5.41, 5.74) is 6.05. The third kappa shape index (κ3) is 2.39. The van der Waals surface area contributed by atoms with Crippen molar-refractivity contribution in [2.24, 2.45) is 0 Å². The van der Waals surface area contributed by atoms with Crippen molar-refractivity contribution in [1.82, 2.24) is 19.4 Å². The molecule has 0 N–H and O–H groups in total. The summed E-state index contributed by atoms with van der Waals surface area (Å²) in [6.45, 7) is 0. The zero-order valence-corrected chi connectivity index (χ0v) is 13.5. The molecule has 0 atom stereocenters. The maximum absolute atomic E-state index is 8.94. The first-order chi connectivity index (χ1) is 12.3. The Bertz CT molecular complexity index is 1110. The largest absolute Gasteiger partial charge is 0.269 e. The molecule has 0 radical (unpaired) electrons. The Labute approximate surface area is 144 Å². The van der Waals surface area contributed by atoms with E-state index in [2.05, 4.69) is 39.3 Å². The van der Waals surface area contributed by atoms with Crippen LogP contribution < -0.4 is 0 Å². The van der Waals surface area contributed by atoms with E-state index < -0.39 is 0 Å². The van der Waals surface area contributed by atoms with Crippen LogP contribution in [-0.4, -0.2) is 19.4 Å². The van der Waals surface area contributed by atoms with Gasteiger partial charge in [0.2, 0.25) is 0 Å². The van der Waals surface area contributed by atoms with Gasteiger partial charge in [0.15, 0.2) is 0 Å². The van der Waals surface area contributed by atoms with Gasteiger partial charge in [0.05, 0.1) is 35.6 Å². The van der Waals surface area contributed by atoms with Crippen LogP contribution in [0.3, 0.4) is 0 Å². The normalized spacial score (nSPS) is 13.9. The topological polar surface area (TPSA) is 58.9 Å². The van der Waals surface area contributed by atoms with E-state index in [1.54, 1.807) is 0 Å². The summed E-state index contributed by atoms with van der Waals surface area (Å²) < 4.78 is 3.96. The Morgan fingerprint density at radius 1 is 0.880 bits per heavy atom. The predicted octanol–water partition coefficient (Wildman–Crippen LogP) is 4.07. The fraction of sp³-hybridized carbons (Fsp3) is 0.150. The van der Waals surface area contributed by atoms with Crippen molar-refractivity contribution in [1.29, 1.82) is 5.26 Å². The van der Waals surface area contributed by atoms with E-state index in [0.717, 1.165) is 27.8 Å². The minimum atomic E-state index is 0.588. The van der Waals surface area contributed by atoms with E-state index in [4.69, 9.17) is 5.26 Å². The van der Waals surface area contributed by atoms with Crippen LogP contribution in [0.2, 0.25) is 0 Å². The molecule has 1 aliphatic rings. The van der Waals surface area contributed by atoms with Gasteiger partial charge in [-0.2, -0.15) is 15.5 Å². The summed E-state index contributed by atoms with van der Waals surface area (Å²) in [5.74, 6) is 0. The molecular weight excluding hydrogens is 310 g/mol. The number of aromatic nitrogens is 4. The number of benzene rings is 1. The molecule has 0 unspecified atom stereocenters. The van der Waals surface area contributed by atoms with Gasteiger partial charge in [-0.25, -0.2) is 4.52 Å². The summed E-state index contributed by atoms with van der Waals surface area (Å²) in [6, 6.07) is 14.5. The van der Waals surface area contributed by atoms with Gasteiger partial charge in [-0.1, -0.05) is 18.2 Å². The smallest absolute Gasteiger partial charge is 0.0991 e. The molecule has 0 saturated heterocycles. The number of pyridine rings is 1. The van der Waals surface area contributed by atoms with E-state index in [0.29, 0.717) is 11.6 Å². The first kappa shape index (κ1) is 14.0. The second-order valence-corrected chi connectivity index (χ2v) is 6.44. The van der Waals surface area contributed by atoms with Gasteiger partial charge in [0.25, 0.3) is 0 Å². The van der Waals surface area contributed by atoms with Gasteiger partial charge in [-0.3, -0.25) is 4.68 Å². The number of hydrogen-bond acceptors (Lipinski definition) is 3. The van der Waals surface area contributed by atoms with Crippen LogP contribution in [0.4, 0.5) is 0 Å². The molecule has 1 saturated carbocycles. The Kier molecular flexibility index (Phi) is 2.98. The molecule has 4 aromatic rings. The number of rotatable bonds is 3. The molecule has 5 rings (SSSR count). The third-order valence-electron chi connectivity index (χ3n) is 4.70. The number of hydrogen-bond donors (Lipinski definition) is 0. The summed E-state index contributed by atoms with van der Waals surface area (Å²) in [7, 11) is 0. The first-order valence-electron chi connectivity index (χ1n) is 8.34. The SMILES string of the molecule is N#Cc1ccc(-c2cnn3cc(-c4cnn(C5CC5)c4)ccc23)cc1. The predicted molar refractivity (Wildman–Crippen MR) is 94.8 cm³/mol. The van der Waals surface area contributed by atoms with Gasteiger partial charge >= 0.3 is 0 Å². The van der Waals surface area contributed by atoms with Gasteiger partial charge in [0, 0.05) is 29.1 Å². The minimum Gasteiger partial charge on any atom is -0.269 e. The third-order valence-corrected chi connectivity index (χ3v) is 4.70. The van der Waals surface area contributed by atoms with Crippen LogP contribution in [0.5, 0.6) is 0 Å². The summed E-state index contributed by atoms with van der Waals surface area (Å²) >= 11 is 0.